The lowest BCUT2D eigenvalue weighted by atomic mass is 9.75. The highest BCUT2D eigenvalue weighted by Gasteiger charge is 2.36. The molecule has 0 radical (unpaired) electrons. The summed E-state index contributed by atoms with van der Waals surface area (Å²) >= 11 is 0. The monoisotopic (exact) mass is 237 g/mol. The lowest BCUT2D eigenvalue weighted by molar-refractivity contribution is 0.0890. The fourth-order valence-corrected chi connectivity index (χ4v) is 2.62. The Hall–Kier alpha value is -1.29. The van der Waals surface area contributed by atoms with Crippen LogP contribution in [0.3, 0.4) is 0 Å². The molecule has 0 fully saturated rings. The molecule has 4 nitrogen and oxygen atoms in total. The van der Waals surface area contributed by atoms with Gasteiger partial charge in [-0.2, -0.15) is 0 Å². The molecular weight excluding hydrogens is 218 g/mol. The van der Waals surface area contributed by atoms with Crippen LogP contribution >= 0.6 is 0 Å². The molecule has 1 aromatic rings. The third kappa shape index (κ3) is 1.97. The van der Waals surface area contributed by atoms with Crippen molar-refractivity contribution in [2.45, 2.75) is 39.7 Å². The second-order valence-electron chi connectivity index (χ2n) is 5.53. The van der Waals surface area contributed by atoms with Crippen molar-refractivity contribution in [3.05, 3.63) is 22.6 Å². The van der Waals surface area contributed by atoms with Gasteiger partial charge in [-0.15, -0.1) is 0 Å². The number of nitrogens with one attached hydrogen (secondary N) is 1. The van der Waals surface area contributed by atoms with E-state index in [4.69, 9.17) is 4.42 Å². The molecule has 2 N–H and O–H groups in total. The third-order valence-corrected chi connectivity index (χ3v) is 3.42. The van der Waals surface area contributed by atoms with Crippen LogP contribution < -0.4 is 5.32 Å². The van der Waals surface area contributed by atoms with E-state index < -0.39 is 6.10 Å². The SMILES string of the molecule is CNC(=O)c1oc2c(c1C)C(O)CC(C)(C)C2. The standard InChI is InChI=1S/C13H19NO3/c1-7-10-8(15)5-13(2,3)6-9(10)17-11(7)12(16)14-4/h8,15H,5-6H2,1-4H3,(H,14,16). The van der Waals surface area contributed by atoms with Crippen LogP contribution in [0.15, 0.2) is 4.42 Å². The van der Waals surface area contributed by atoms with Crippen molar-refractivity contribution in [1.82, 2.24) is 5.32 Å². The van der Waals surface area contributed by atoms with E-state index in [2.05, 4.69) is 19.2 Å². The van der Waals surface area contributed by atoms with E-state index in [1.165, 1.54) is 0 Å². The second-order valence-corrected chi connectivity index (χ2v) is 5.53. The van der Waals surface area contributed by atoms with E-state index in [0.717, 1.165) is 23.3 Å². The lowest BCUT2D eigenvalue weighted by Gasteiger charge is -2.31. The molecule has 0 aromatic carbocycles. The summed E-state index contributed by atoms with van der Waals surface area (Å²) in [4.78, 5) is 11.6. The zero-order valence-corrected chi connectivity index (χ0v) is 10.8. The highest BCUT2D eigenvalue weighted by atomic mass is 16.4. The van der Waals surface area contributed by atoms with Gasteiger partial charge in [0.15, 0.2) is 5.76 Å². The van der Waals surface area contributed by atoms with Crippen LogP contribution in [0.4, 0.5) is 0 Å². The molecule has 0 aliphatic heterocycles. The van der Waals surface area contributed by atoms with Gasteiger partial charge >= 0.3 is 0 Å². The number of hydrogen-bond acceptors (Lipinski definition) is 3. The molecule has 2 rings (SSSR count). The van der Waals surface area contributed by atoms with Crippen LogP contribution in [0.5, 0.6) is 0 Å². The number of aliphatic hydroxyl groups is 1. The summed E-state index contributed by atoms with van der Waals surface area (Å²) in [6.45, 7) is 6.02. The molecular formula is C13H19NO3. The van der Waals surface area contributed by atoms with Gasteiger partial charge < -0.3 is 14.8 Å². The average molecular weight is 237 g/mol. The van der Waals surface area contributed by atoms with Crippen molar-refractivity contribution in [2.24, 2.45) is 5.41 Å². The maximum atomic E-state index is 11.6. The summed E-state index contributed by atoms with van der Waals surface area (Å²) in [5.74, 6) is 0.848. The molecule has 0 spiro atoms. The molecule has 4 heteroatoms. The molecule has 0 saturated heterocycles. The van der Waals surface area contributed by atoms with E-state index in [-0.39, 0.29) is 11.3 Å². The van der Waals surface area contributed by atoms with Crippen molar-refractivity contribution < 1.29 is 14.3 Å². The van der Waals surface area contributed by atoms with E-state index in [0.29, 0.717) is 12.2 Å². The average Bonchev–Trinajstić information content (AvgIpc) is 2.52. The Labute approximate surface area is 101 Å². The smallest absolute Gasteiger partial charge is 0.287 e. The van der Waals surface area contributed by atoms with Gasteiger partial charge in [0.25, 0.3) is 5.91 Å². The first-order valence-electron chi connectivity index (χ1n) is 5.88. The zero-order chi connectivity index (χ0) is 12.8. The number of amides is 1. The minimum absolute atomic E-state index is 0.0106. The summed E-state index contributed by atoms with van der Waals surface area (Å²) < 4.78 is 5.62. The van der Waals surface area contributed by atoms with Gasteiger partial charge in [-0.3, -0.25) is 4.79 Å². The number of carbonyl (C=O) groups is 1. The van der Waals surface area contributed by atoms with Crippen molar-refractivity contribution >= 4 is 5.91 Å². The van der Waals surface area contributed by atoms with Gasteiger partial charge in [0.2, 0.25) is 0 Å². The molecule has 1 amide bonds. The number of hydrogen-bond donors (Lipinski definition) is 2. The lowest BCUT2D eigenvalue weighted by Crippen LogP contribution is -2.24. The van der Waals surface area contributed by atoms with Crippen molar-refractivity contribution in [3.8, 4) is 0 Å². The van der Waals surface area contributed by atoms with Crippen molar-refractivity contribution in [2.75, 3.05) is 7.05 Å². The second kappa shape index (κ2) is 3.88. The Morgan fingerprint density at radius 2 is 2.18 bits per heavy atom. The van der Waals surface area contributed by atoms with Gasteiger partial charge in [-0.05, 0) is 18.8 Å². The number of aliphatic hydroxyl groups excluding tert-OH is 1. The van der Waals surface area contributed by atoms with Crippen LogP contribution in [-0.2, 0) is 6.42 Å². The van der Waals surface area contributed by atoms with Gasteiger partial charge in [0.1, 0.15) is 5.76 Å². The molecule has 0 saturated carbocycles. The number of fused-ring (bicyclic) bond motifs is 1. The molecule has 1 unspecified atom stereocenters. The Balaban J connectivity index is 2.49. The first-order valence-corrected chi connectivity index (χ1v) is 5.88. The highest BCUT2D eigenvalue weighted by molar-refractivity contribution is 5.93. The van der Waals surface area contributed by atoms with E-state index in [1.54, 1.807) is 7.05 Å². The van der Waals surface area contributed by atoms with Crippen LogP contribution in [0, 0.1) is 12.3 Å². The van der Waals surface area contributed by atoms with Gasteiger partial charge in [0, 0.05) is 24.6 Å². The Kier molecular flexibility index (Phi) is 2.78. The minimum atomic E-state index is -0.532. The first kappa shape index (κ1) is 12.2. The summed E-state index contributed by atoms with van der Waals surface area (Å²) in [5, 5.41) is 12.7. The van der Waals surface area contributed by atoms with Gasteiger partial charge in [-0.25, -0.2) is 0 Å². The predicted molar refractivity (Wildman–Crippen MR) is 63.9 cm³/mol. The van der Waals surface area contributed by atoms with E-state index in [9.17, 15) is 9.90 Å². The quantitative estimate of drug-likeness (QED) is 0.784. The molecule has 1 atom stereocenters. The molecule has 1 aliphatic carbocycles. The maximum absolute atomic E-state index is 11.6. The van der Waals surface area contributed by atoms with Crippen molar-refractivity contribution in [3.63, 3.8) is 0 Å². The van der Waals surface area contributed by atoms with Crippen LogP contribution in [0.2, 0.25) is 0 Å². The summed E-state index contributed by atoms with van der Waals surface area (Å²) in [6, 6.07) is 0. The predicted octanol–water partition coefficient (Wildman–Crippen LogP) is 1.95. The van der Waals surface area contributed by atoms with Gasteiger partial charge in [0.05, 0.1) is 6.10 Å². The number of furan rings is 1. The Morgan fingerprint density at radius 1 is 1.53 bits per heavy atom. The zero-order valence-electron chi connectivity index (χ0n) is 10.8. The molecule has 94 valence electrons. The molecule has 1 aromatic heterocycles. The van der Waals surface area contributed by atoms with Gasteiger partial charge in [-0.1, -0.05) is 13.8 Å². The number of carbonyl (C=O) groups excluding carboxylic acids is 1. The van der Waals surface area contributed by atoms with Crippen LogP contribution in [0.1, 0.15) is 53.8 Å². The summed E-state index contributed by atoms with van der Waals surface area (Å²) in [7, 11) is 1.57. The summed E-state index contributed by atoms with van der Waals surface area (Å²) in [5.41, 5.74) is 1.58. The molecule has 0 bridgehead atoms. The third-order valence-electron chi connectivity index (χ3n) is 3.42. The largest absolute Gasteiger partial charge is 0.455 e. The van der Waals surface area contributed by atoms with Crippen molar-refractivity contribution in [1.29, 1.82) is 0 Å². The fourth-order valence-electron chi connectivity index (χ4n) is 2.62. The fraction of sp³-hybridized carbons (Fsp3) is 0.615. The minimum Gasteiger partial charge on any atom is -0.455 e. The normalized spacial score (nSPS) is 22.1. The highest BCUT2D eigenvalue weighted by Crippen LogP contribution is 2.43. The van der Waals surface area contributed by atoms with E-state index >= 15 is 0 Å². The number of rotatable bonds is 1. The van der Waals surface area contributed by atoms with Crippen LogP contribution in [0.25, 0.3) is 0 Å². The Morgan fingerprint density at radius 3 is 2.76 bits per heavy atom. The molecule has 1 aliphatic rings. The maximum Gasteiger partial charge on any atom is 0.287 e. The Bertz CT molecular complexity index is 459. The molecule has 17 heavy (non-hydrogen) atoms. The topological polar surface area (TPSA) is 62.5 Å². The summed E-state index contributed by atoms with van der Waals surface area (Å²) in [6.07, 6.45) is 0.932. The first-order chi connectivity index (χ1) is 7.85. The van der Waals surface area contributed by atoms with Crippen LogP contribution in [-0.4, -0.2) is 18.1 Å². The van der Waals surface area contributed by atoms with E-state index in [1.807, 2.05) is 6.92 Å². The molecule has 1 heterocycles.